The summed E-state index contributed by atoms with van der Waals surface area (Å²) in [6.45, 7) is 4.56. The van der Waals surface area contributed by atoms with Crippen LogP contribution in [0.5, 0.6) is 0 Å². The van der Waals surface area contributed by atoms with Gasteiger partial charge >= 0.3 is 0 Å². The van der Waals surface area contributed by atoms with Gasteiger partial charge in [-0.1, -0.05) is 44.5 Å². The van der Waals surface area contributed by atoms with E-state index in [0.29, 0.717) is 12.0 Å². The Hall–Kier alpha value is -0.860. The molecule has 4 atom stereocenters. The third-order valence-electron chi connectivity index (χ3n) is 5.35. The highest BCUT2D eigenvalue weighted by molar-refractivity contribution is 5.27. The number of nitrogens with two attached hydrogens (primary N) is 1. The first-order valence-corrected chi connectivity index (χ1v) is 8.22. The molecule has 0 amide bonds. The second-order valence-electron chi connectivity index (χ2n) is 7.33. The van der Waals surface area contributed by atoms with E-state index in [2.05, 4.69) is 43.5 Å². The van der Waals surface area contributed by atoms with E-state index in [4.69, 9.17) is 5.84 Å². The Balaban J connectivity index is 1.79. The van der Waals surface area contributed by atoms with Crippen molar-refractivity contribution < 1.29 is 0 Å². The van der Waals surface area contributed by atoms with Gasteiger partial charge in [-0.25, -0.2) is 0 Å². The minimum Gasteiger partial charge on any atom is -0.271 e. The zero-order valence-electron chi connectivity index (χ0n) is 12.8. The molecule has 3 rings (SSSR count). The van der Waals surface area contributed by atoms with Crippen molar-refractivity contribution in [3.05, 3.63) is 35.4 Å². The standard InChI is InChI=1S/C18H28N2/c1-12(2)8-13-4-3-5-16(10-13)18(20-19)17-11-14-6-7-15(17)9-14/h3-5,10,12,14-15,17-18,20H,6-9,11,19H2,1-2H3. The fourth-order valence-corrected chi connectivity index (χ4v) is 4.55. The Bertz CT molecular complexity index is 454. The summed E-state index contributed by atoms with van der Waals surface area (Å²) < 4.78 is 0. The molecule has 2 fully saturated rings. The maximum Gasteiger partial charge on any atom is 0.0490 e. The molecule has 0 saturated heterocycles. The third-order valence-corrected chi connectivity index (χ3v) is 5.35. The number of benzene rings is 1. The lowest BCUT2D eigenvalue weighted by Gasteiger charge is -2.30. The predicted octanol–water partition coefficient (Wildman–Crippen LogP) is 3.83. The highest BCUT2D eigenvalue weighted by Crippen LogP contribution is 2.52. The molecule has 0 heterocycles. The van der Waals surface area contributed by atoms with Crippen molar-refractivity contribution in [3.8, 4) is 0 Å². The van der Waals surface area contributed by atoms with Gasteiger partial charge in [-0.2, -0.15) is 0 Å². The van der Waals surface area contributed by atoms with E-state index in [1.165, 1.54) is 36.8 Å². The minimum atomic E-state index is 0.345. The van der Waals surface area contributed by atoms with Crippen molar-refractivity contribution in [3.63, 3.8) is 0 Å². The van der Waals surface area contributed by atoms with Crippen molar-refractivity contribution in [2.75, 3.05) is 0 Å². The zero-order chi connectivity index (χ0) is 14.1. The summed E-state index contributed by atoms with van der Waals surface area (Å²) in [7, 11) is 0. The quantitative estimate of drug-likeness (QED) is 0.631. The van der Waals surface area contributed by atoms with E-state index in [0.717, 1.165) is 24.2 Å². The molecule has 2 nitrogen and oxygen atoms in total. The van der Waals surface area contributed by atoms with Crippen LogP contribution in [0.1, 0.15) is 56.7 Å². The molecule has 2 heteroatoms. The topological polar surface area (TPSA) is 38.0 Å². The molecule has 0 radical (unpaired) electrons. The maximum absolute atomic E-state index is 5.92. The molecular weight excluding hydrogens is 244 g/mol. The van der Waals surface area contributed by atoms with Gasteiger partial charge in [0.05, 0.1) is 0 Å². The number of hydrazine groups is 1. The summed E-state index contributed by atoms with van der Waals surface area (Å²) in [5, 5.41) is 0. The Labute approximate surface area is 123 Å². The highest BCUT2D eigenvalue weighted by atomic mass is 15.2. The fraction of sp³-hybridized carbons (Fsp3) is 0.667. The Morgan fingerprint density at radius 2 is 2.10 bits per heavy atom. The van der Waals surface area contributed by atoms with Crippen molar-refractivity contribution in [2.45, 2.75) is 52.0 Å². The molecule has 0 aliphatic heterocycles. The third kappa shape index (κ3) is 2.77. The predicted molar refractivity (Wildman–Crippen MR) is 84.0 cm³/mol. The lowest BCUT2D eigenvalue weighted by Crippen LogP contribution is -2.35. The van der Waals surface area contributed by atoms with Crippen molar-refractivity contribution >= 4 is 0 Å². The summed E-state index contributed by atoms with van der Waals surface area (Å²) in [5.41, 5.74) is 5.96. The number of hydrogen-bond acceptors (Lipinski definition) is 2. The van der Waals surface area contributed by atoms with Crippen LogP contribution in [0.15, 0.2) is 24.3 Å². The summed E-state index contributed by atoms with van der Waals surface area (Å²) in [4.78, 5) is 0. The number of nitrogens with one attached hydrogen (secondary N) is 1. The van der Waals surface area contributed by atoms with Crippen molar-refractivity contribution in [1.82, 2.24) is 5.43 Å². The van der Waals surface area contributed by atoms with Gasteiger partial charge in [0, 0.05) is 6.04 Å². The Kier molecular flexibility index (Phi) is 4.13. The average molecular weight is 272 g/mol. The van der Waals surface area contributed by atoms with Crippen LogP contribution in [0.4, 0.5) is 0 Å². The molecule has 2 bridgehead atoms. The summed E-state index contributed by atoms with van der Waals surface area (Å²) in [5.74, 6) is 9.24. The molecular formula is C18H28N2. The first-order valence-electron chi connectivity index (χ1n) is 8.22. The molecule has 2 aliphatic rings. The van der Waals surface area contributed by atoms with Crippen molar-refractivity contribution in [1.29, 1.82) is 0 Å². The summed E-state index contributed by atoms with van der Waals surface area (Å²) in [6, 6.07) is 9.41. The van der Waals surface area contributed by atoms with E-state index in [1.54, 1.807) is 0 Å². The molecule has 0 spiro atoms. The van der Waals surface area contributed by atoms with Crippen LogP contribution in [0.25, 0.3) is 0 Å². The summed E-state index contributed by atoms with van der Waals surface area (Å²) >= 11 is 0. The van der Waals surface area contributed by atoms with Crippen LogP contribution < -0.4 is 11.3 Å². The van der Waals surface area contributed by atoms with Gasteiger partial charge in [0.2, 0.25) is 0 Å². The zero-order valence-corrected chi connectivity index (χ0v) is 12.8. The Morgan fingerprint density at radius 1 is 1.25 bits per heavy atom. The fourth-order valence-electron chi connectivity index (χ4n) is 4.55. The van der Waals surface area contributed by atoms with Gasteiger partial charge in [0.15, 0.2) is 0 Å². The molecule has 2 saturated carbocycles. The van der Waals surface area contributed by atoms with Crippen LogP contribution in [-0.4, -0.2) is 0 Å². The van der Waals surface area contributed by atoms with Crippen molar-refractivity contribution in [2.24, 2.45) is 29.5 Å². The molecule has 1 aromatic carbocycles. The molecule has 1 aromatic rings. The molecule has 110 valence electrons. The van der Waals surface area contributed by atoms with Crippen LogP contribution in [0, 0.1) is 23.7 Å². The molecule has 4 unspecified atom stereocenters. The van der Waals surface area contributed by atoms with Gasteiger partial charge < -0.3 is 0 Å². The van der Waals surface area contributed by atoms with Crippen LogP contribution in [0.2, 0.25) is 0 Å². The molecule has 2 aliphatic carbocycles. The van der Waals surface area contributed by atoms with E-state index in [9.17, 15) is 0 Å². The second kappa shape index (κ2) is 5.87. The van der Waals surface area contributed by atoms with E-state index in [-0.39, 0.29) is 0 Å². The number of fused-ring (bicyclic) bond motifs is 2. The van der Waals surface area contributed by atoms with Gasteiger partial charge in [-0.05, 0) is 60.5 Å². The normalized spacial score (nSPS) is 30.1. The number of rotatable bonds is 5. The van der Waals surface area contributed by atoms with E-state index >= 15 is 0 Å². The first-order chi connectivity index (χ1) is 9.67. The van der Waals surface area contributed by atoms with Gasteiger partial charge in [-0.3, -0.25) is 11.3 Å². The molecule has 20 heavy (non-hydrogen) atoms. The van der Waals surface area contributed by atoms with Gasteiger partial charge in [0.25, 0.3) is 0 Å². The largest absolute Gasteiger partial charge is 0.271 e. The second-order valence-corrected chi connectivity index (χ2v) is 7.33. The average Bonchev–Trinajstić information content (AvgIpc) is 3.02. The monoisotopic (exact) mass is 272 g/mol. The first kappa shape index (κ1) is 14.1. The van der Waals surface area contributed by atoms with Gasteiger partial charge in [0.1, 0.15) is 0 Å². The minimum absolute atomic E-state index is 0.345. The lowest BCUT2D eigenvalue weighted by atomic mass is 9.80. The lowest BCUT2D eigenvalue weighted by molar-refractivity contribution is 0.252. The van der Waals surface area contributed by atoms with Gasteiger partial charge in [-0.15, -0.1) is 0 Å². The molecule has 0 aromatic heterocycles. The van der Waals surface area contributed by atoms with Crippen LogP contribution in [-0.2, 0) is 6.42 Å². The SMILES string of the molecule is CC(C)Cc1cccc(C(NN)C2CC3CCC2C3)c1. The Morgan fingerprint density at radius 3 is 2.70 bits per heavy atom. The number of hydrogen-bond donors (Lipinski definition) is 2. The van der Waals surface area contributed by atoms with Crippen LogP contribution >= 0.6 is 0 Å². The highest BCUT2D eigenvalue weighted by Gasteiger charge is 2.43. The van der Waals surface area contributed by atoms with Crippen LogP contribution in [0.3, 0.4) is 0 Å². The smallest absolute Gasteiger partial charge is 0.0490 e. The van der Waals surface area contributed by atoms with E-state index in [1.807, 2.05) is 0 Å². The molecule has 3 N–H and O–H groups in total. The van der Waals surface area contributed by atoms with E-state index < -0.39 is 0 Å². The maximum atomic E-state index is 5.92. The summed E-state index contributed by atoms with van der Waals surface area (Å²) in [6.07, 6.45) is 6.83.